The van der Waals surface area contributed by atoms with Gasteiger partial charge in [-0.3, -0.25) is 9.59 Å². The van der Waals surface area contributed by atoms with Gasteiger partial charge in [-0.1, -0.05) is 115 Å². The fraction of sp³-hybridized carbons (Fsp3) is 0.639. The summed E-state index contributed by atoms with van der Waals surface area (Å²) in [6.45, 7) is 34.6. The molecule has 2 amide bonds. The first-order valence-corrected chi connectivity index (χ1v) is 26.9. The van der Waals surface area contributed by atoms with Crippen LogP contribution in [0.2, 0.25) is 0 Å². The molecular formula is C61H87FN4O4. The number of aromatic nitrogens is 2. The number of benzene rings is 2. The van der Waals surface area contributed by atoms with Gasteiger partial charge in [-0.25, -0.2) is 4.39 Å². The van der Waals surface area contributed by atoms with E-state index >= 15 is 4.39 Å². The molecule has 9 heteroatoms. The van der Waals surface area contributed by atoms with E-state index in [9.17, 15) is 9.59 Å². The summed E-state index contributed by atoms with van der Waals surface area (Å²) in [5, 5.41) is 6.29. The summed E-state index contributed by atoms with van der Waals surface area (Å²) in [4.78, 5) is 26.5. The lowest BCUT2D eigenvalue weighted by atomic mass is 9.78. The SMILES string of the molecule is Cc1c(C(=O)NC2COC2)cc(-c2cc(C(C)(C)C)c(F)c(C(C)(C)C)c2)n1CC1CCCCC1.Cc1c(C(=O)NC2COC2)cc(-c2cc(C(C)(C)C)cc(C(C)(C)C)c2)n1CC1CC2CCC1C2. The summed E-state index contributed by atoms with van der Waals surface area (Å²) >= 11 is 0. The highest BCUT2D eigenvalue weighted by atomic mass is 19.1. The van der Waals surface area contributed by atoms with Gasteiger partial charge in [0.1, 0.15) is 5.82 Å². The van der Waals surface area contributed by atoms with Crippen molar-refractivity contribution in [2.75, 3.05) is 26.4 Å². The molecule has 3 atom stereocenters. The van der Waals surface area contributed by atoms with Gasteiger partial charge in [0.2, 0.25) is 0 Å². The minimum atomic E-state index is -0.333. The molecule has 3 saturated carbocycles. The molecule has 0 radical (unpaired) electrons. The zero-order chi connectivity index (χ0) is 50.7. The Bertz CT molecular complexity index is 2450. The summed E-state index contributed by atoms with van der Waals surface area (Å²) in [6, 6.07) is 15.5. The molecule has 5 aliphatic rings. The predicted molar refractivity (Wildman–Crippen MR) is 284 cm³/mol. The molecule has 4 aromatic rings. The van der Waals surface area contributed by atoms with E-state index in [2.05, 4.69) is 141 Å². The van der Waals surface area contributed by atoms with Crippen LogP contribution in [0.1, 0.15) is 195 Å². The van der Waals surface area contributed by atoms with Crippen LogP contribution in [0.5, 0.6) is 0 Å². The Hall–Kier alpha value is -4.21. The Morgan fingerprint density at radius 3 is 1.41 bits per heavy atom. The Morgan fingerprint density at radius 2 is 1.03 bits per heavy atom. The first kappa shape index (κ1) is 52.1. The topological polar surface area (TPSA) is 86.5 Å². The number of halogens is 1. The van der Waals surface area contributed by atoms with Gasteiger partial charge in [0.25, 0.3) is 11.8 Å². The number of amides is 2. The summed E-state index contributed by atoms with van der Waals surface area (Å²) in [6.07, 6.45) is 11.9. The van der Waals surface area contributed by atoms with Crippen molar-refractivity contribution in [2.24, 2.45) is 23.7 Å². The van der Waals surface area contributed by atoms with Crippen LogP contribution in [0.15, 0.2) is 42.5 Å². The summed E-state index contributed by atoms with van der Waals surface area (Å²) in [5.74, 6) is 2.98. The van der Waals surface area contributed by atoms with Crippen LogP contribution in [-0.2, 0) is 44.2 Å². The van der Waals surface area contributed by atoms with Gasteiger partial charge < -0.3 is 29.2 Å². The normalized spacial score (nSPS) is 21.3. The van der Waals surface area contributed by atoms with Gasteiger partial charge in [0, 0.05) is 35.9 Å². The molecule has 2 aliphatic heterocycles. The average Bonchev–Trinajstić information content (AvgIpc) is 4.03. The number of carbonyl (C=O) groups is 2. The minimum Gasteiger partial charge on any atom is -0.377 e. The molecule has 5 fully saturated rings. The van der Waals surface area contributed by atoms with Crippen LogP contribution in [0, 0.1) is 43.3 Å². The van der Waals surface area contributed by atoms with Crippen molar-refractivity contribution < 1.29 is 23.5 Å². The molecule has 70 heavy (non-hydrogen) atoms. The lowest BCUT2D eigenvalue weighted by Crippen LogP contribution is -2.48. The third-order valence-corrected chi connectivity index (χ3v) is 16.6. The van der Waals surface area contributed by atoms with Crippen molar-refractivity contribution >= 4 is 11.8 Å². The maximum Gasteiger partial charge on any atom is 0.253 e. The number of fused-ring (bicyclic) bond motifs is 2. The number of carbonyl (C=O) groups excluding carboxylic acids is 2. The molecule has 2 bridgehead atoms. The summed E-state index contributed by atoms with van der Waals surface area (Å²) < 4.78 is 31.1. The van der Waals surface area contributed by atoms with Crippen LogP contribution < -0.4 is 10.6 Å². The maximum atomic E-state index is 15.8. The summed E-state index contributed by atoms with van der Waals surface area (Å²) in [5.41, 5.74) is 11.6. The van der Waals surface area contributed by atoms with Crippen molar-refractivity contribution in [2.45, 2.75) is 202 Å². The number of rotatable bonds is 10. The molecule has 9 rings (SSSR count). The van der Waals surface area contributed by atoms with Gasteiger partial charge in [-0.15, -0.1) is 0 Å². The number of nitrogens with zero attached hydrogens (tertiary/aromatic N) is 2. The lowest BCUT2D eigenvalue weighted by molar-refractivity contribution is -0.00348. The van der Waals surface area contributed by atoms with E-state index in [1.165, 1.54) is 80.2 Å². The molecule has 2 aromatic carbocycles. The summed E-state index contributed by atoms with van der Waals surface area (Å²) in [7, 11) is 0. The average molecular weight is 959 g/mol. The van der Waals surface area contributed by atoms with Crippen molar-refractivity contribution in [1.29, 1.82) is 0 Å². The third-order valence-electron chi connectivity index (χ3n) is 16.6. The van der Waals surface area contributed by atoms with Gasteiger partial charge >= 0.3 is 0 Å². The quantitative estimate of drug-likeness (QED) is 0.166. The second kappa shape index (κ2) is 20.0. The monoisotopic (exact) mass is 959 g/mol. The third kappa shape index (κ3) is 11.4. The minimum absolute atomic E-state index is 0.0340. The van der Waals surface area contributed by atoms with Gasteiger partial charge in [-0.2, -0.15) is 0 Å². The molecule has 4 heterocycles. The van der Waals surface area contributed by atoms with E-state index in [4.69, 9.17) is 9.47 Å². The molecule has 8 nitrogen and oxygen atoms in total. The molecule has 2 N–H and O–H groups in total. The molecule has 382 valence electrons. The van der Waals surface area contributed by atoms with E-state index < -0.39 is 0 Å². The lowest BCUT2D eigenvalue weighted by Gasteiger charge is -2.28. The first-order valence-electron chi connectivity index (χ1n) is 26.9. The van der Waals surface area contributed by atoms with Crippen LogP contribution in [-0.4, -0.2) is 59.5 Å². The van der Waals surface area contributed by atoms with Crippen molar-refractivity contribution in [3.8, 4) is 22.5 Å². The number of hydrogen-bond donors (Lipinski definition) is 2. The fourth-order valence-electron chi connectivity index (χ4n) is 11.8. The van der Waals surface area contributed by atoms with Crippen LogP contribution in [0.3, 0.4) is 0 Å². The van der Waals surface area contributed by atoms with Crippen LogP contribution in [0.4, 0.5) is 4.39 Å². The van der Waals surface area contributed by atoms with E-state index in [0.717, 1.165) is 70.2 Å². The predicted octanol–water partition coefficient (Wildman–Crippen LogP) is 13.5. The Labute approximate surface area is 420 Å². The smallest absolute Gasteiger partial charge is 0.253 e. The second-order valence-corrected chi connectivity index (χ2v) is 26.3. The molecule has 3 aliphatic carbocycles. The van der Waals surface area contributed by atoms with Gasteiger partial charge in [0.15, 0.2) is 0 Å². The number of ether oxygens (including phenoxy) is 2. The molecule has 0 spiro atoms. The Balaban J connectivity index is 0.000000188. The largest absolute Gasteiger partial charge is 0.377 e. The van der Waals surface area contributed by atoms with Crippen molar-refractivity contribution in [1.82, 2.24) is 19.8 Å². The second-order valence-electron chi connectivity index (χ2n) is 26.3. The van der Waals surface area contributed by atoms with E-state index in [1.54, 1.807) is 0 Å². The highest BCUT2D eigenvalue weighted by molar-refractivity contribution is 5.98. The first-order chi connectivity index (χ1) is 32.8. The highest BCUT2D eigenvalue weighted by Crippen LogP contribution is 2.50. The van der Waals surface area contributed by atoms with Gasteiger partial charge in [-0.05, 0) is 161 Å². The van der Waals surface area contributed by atoms with Crippen LogP contribution in [0.25, 0.3) is 22.5 Å². The molecule has 2 saturated heterocycles. The van der Waals surface area contributed by atoms with E-state index in [1.807, 2.05) is 18.2 Å². The highest BCUT2D eigenvalue weighted by Gasteiger charge is 2.40. The van der Waals surface area contributed by atoms with Crippen molar-refractivity contribution in [3.63, 3.8) is 0 Å². The molecule has 2 aromatic heterocycles. The standard InChI is InChI=1S/C31H44N2O2.C30H43FN2O2/c1-19-27(29(34)32-26-17-35-18-26)15-28(33(19)16-23-11-20-8-9-21(23)10-20)22-12-24(30(2,3)4)14-25(13-22)31(5,6)7;1-19-23(28(34)32-22-17-35-18-22)15-26(33(19)16-20-11-9-8-10-12-20)21-13-24(29(2,3)4)27(31)25(14-21)30(5,6)7/h12-15,20-21,23,26H,8-11,16-18H2,1-7H3,(H,32,34);13-15,20,22H,8-12,16-18H2,1-7H3,(H,32,34). The molecular weight excluding hydrogens is 872 g/mol. The van der Waals surface area contributed by atoms with Crippen molar-refractivity contribution in [3.05, 3.63) is 93.1 Å². The fourth-order valence-corrected chi connectivity index (χ4v) is 11.8. The zero-order valence-corrected chi connectivity index (χ0v) is 45.5. The Kier molecular flexibility index (Phi) is 14.9. The van der Waals surface area contributed by atoms with E-state index in [-0.39, 0.29) is 51.4 Å². The number of hydrogen-bond acceptors (Lipinski definition) is 4. The van der Waals surface area contributed by atoms with E-state index in [0.29, 0.717) is 37.9 Å². The maximum absolute atomic E-state index is 15.8. The molecule has 3 unspecified atom stereocenters. The number of nitrogens with one attached hydrogen (secondary N) is 2. The van der Waals surface area contributed by atoms with Gasteiger partial charge in [0.05, 0.1) is 49.6 Å². The Morgan fingerprint density at radius 1 is 0.571 bits per heavy atom. The van der Waals surface area contributed by atoms with Crippen LogP contribution >= 0.6 is 0 Å². The zero-order valence-electron chi connectivity index (χ0n) is 45.5.